The lowest BCUT2D eigenvalue weighted by Gasteiger charge is -2.35. The van der Waals surface area contributed by atoms with Gasteiger partial charge < -0.3 is 11.5 Å². The molecule has 0 aromatic heterocycles. The highest BCUT2D eigenvalue weighted by Gasteiger charge is 2.13. The van der Waals surface area contributed by atoms with E-state index in [9.17, 15) is 0 Å². The van der Waals surface area contributed by atoms with Crippen molar-refractivity contribution in [3.05, 3.63) is 0 Å². The third-order valence-electron chi connectivity index (χ3n) is 7.46. The van der Waals surface area contributed by atoms with Crippen molar-refractivity contribution in [2.24, 2.45) is 11.5 Å². The van der Waals surface area contributed by atoms with Crippen LogP contribution in [0, 0.1) is 0 Å². The summed E-state index contributed by atoms with van der Waals surface area (Å²) in [4.78, 5) is 0. The van der Waals surface area contributed by atoms with Crippen LogP contribution in [0.15, 0.2) is 0 Å². The van der Waals surface area contributed by atoms with Gasteiger partial charge in [0.05, 0.1) is 0 Å². The second-order valence-corrected chi connectivity index (χ2v) is 10.9. The molecule has 0 fully saturated rings. The first-order valence-corrected chi connectivity index (χ1v) is 16.2. The fraction of sp³-hybridized carbons (Fsp3) is 1.00. The quantitative estimate of drug-likeness (QED) is 0.0773. The Bertz CT molecular complexity index is 377. The van der Waals surface area contributed by atoms with Gasteiger partial charge in [0.15, 0.2) is 0 Å². The Kier molecular flexibility index (Phi) is 29.9. The minimum Gasteiger partial charge on any atom is -0.329 e. The monoisotopic (exact) mass is 497 g/mol. The largest absolute Gasteiger partial charge is 0.329 e. The number of hydrazine groups is 1. The van der Waals surface area contributed by atoms with E-state index in [-0.39, 0.29) is 0 Å². The van der Waals surface area contributed by atoms with Gasteiger partial charge in [-0.15, -0.1) is 0 Å². The third-order valence-corrected chi connectivity index (χ3v) is 7.46. The maximum absolute atomic E-state index is 5.96. The van der Waals surface area contributed by atoms with Crippen molar-refractivity contribution >= 4 is 0 Å². The van der Waals surface area contributed by atoms with Crippen LogP contribution in [-0.2, 0) is 0 Å². The molecule has 0 aliphatic carbocycles. The number of hydrogen-bond donors (Lipinski definition) is 2. The SMILES string of the molecule is CCCCCCCCCCCCCCN(CCN)N(CCN)CCCCCCCCCCCCC. The highest BCUT2D eigenvalue weighted by molar-refractivity contribution is 4.62. The van der Waals surface area contributed by atoms with Gasteiger partial charge in [-0.3, -0.25) is 0 Å². The summed E-state index contributed by atoms with van der Waals surface area (Å²) in [5, 5.41) is 5.03. The van der Waals surface area contributed by atoms with Gasteiger partial charge in [0.2, 0.25) is 0 Å². The van der Waals surface area contributed by atoms with E-state index in [1.54, 1.807) is 0 Å². The normalized spacial score (nSPS) is 11.8. The Labute approximate surface area is 222 Å². The lowest BCUT2D eigenvalue weighted by Crippen LogP contribution is -2.48. The molecule has 0 aromatic carbocycles. The molecule has 0 aromatic rings. The molecule has 4 nitrogen and oxygen atoms in total. The third kappa shape index (κ3) is 25.3. The topological polar surface area (TPSA) is 58.5 Å². The predicted molar refractivity (Wildman–Crippen MR) is 159 cm³/mol. The van der Waals surface area contributed by atoms with Crippen molar-refractivity contribution < 1.29 is 0 Å². The minimum absolute atomic E-state index is 0.734. The molecule has 35 heavy (non-hydrogen) atoms. The molecule has 4 N–H and O–H groups in total. The number of hydrogen-bond acceptors (Lipinski definition) is 4. The average Bonchev–Trinajstić information content (AvgIpc) is 2.86. The first-order chi connectivity index (χ1) is 17.3. The molecule has 0 aliphatic rings. The lowest BCUT2D eigenvalue weighted by atomic mass is 10.1. The summed E-state index contributed by atoms with van der Waals surface area (Å²) in [6, 6.07) is 0. The standard InChI is InChI=1S/C31H68N4/c1-3-5-7-9-11-13-15-17-19-21-23-25-29-35(31-27-33)34(30-26-32)28-24-22-20-18-16-14-12-10-8-6-4-2/h3-33H2,1-2H3. The van der Waals surface area contributed by atoms with Crippen molar-refractivity contribution in [2.75, 3.05) is 39.3 Å². The summed E-state index contributed by atoms with van der Waals surface area (Å²) in [5.41, 5.74) is 11.9. The molecule has 4 heteroatoms. The summed E-state index contributed by atoms with van der Waals surface area (Å²) >= 11 is 0. The van der Waals surface area contributed by atoms with Crippen molar-refractivity contribution in [1.29, 1.82) is 0 Å². The Morgan fingerprint density at radius 2 is 0.543 bits per heavy atom. The van der Waals surface area contributed by atoms with Crippen LogP contribution in [0.4, 0.5) is 0 Å². The Morgan fingerprint density at radius 1 is 0.314 bits per heavy atom. The van der Waals surface area contributed by atoms with Gasteiger partial charge in [-0.2, -0.15) is 0 Å². The van der Waals surface area contributed by atoms with Gasteiger partial charge in [0, 0.05) is 39.3 Å². The molecular formula is C31H68N4. The first kappa shape index (κ1) is 34.8. The molecule has 0 radical (unpaired) electrons. The van der Waals surface area contributed by atoms with E-state index in [1.807, 2.05) is 0 Å². The first-order valence-electron chi connectivity index (χ1n) is 16.2. The van der Waals surface area contributed by atoms with Crippen LogP contribution in [0.25, 0.3) is 0 Å². The molecule has 0 spiro atoms. The van der Waals surface area contributed by atoms with Crippen molar-refractivity contribution in [3.8, 4) is 0 Å². The molecule has 0 unspecified atom stereocenters. The second-order valence-electron chi connectivity index (χ2n) is 10.9. The average molecular weight is 497 g/mol. The van der Waals surface area contributed by atoms with E-state index in [4.69, 9.17) is 11.5 Å². The van der Waals surface area contributed by atoms with Crippen molar-refractivity contribution in [2.45, 2.75) is 162 Å². The number of rotatable bonds is 30. The smallest absolute Gasteiger partial charge is 0.0256 e. The Hall–Kier alpha value is -0.160. The van der Waals surface area contributed by atoms with E-state index < -0.39 is 0 Å². The highest BCUT2D eigenvalue weighted by atomic mass is 15.6. The number of nitrogens with zero attached hydrogens (tertiary/aromatic N) is 2. The van der Waals surface area contributed by atoms with Crippen LogP contribution >= 0.6 is 0 Å². The van der Waals surface area contributed by atoms with Gasteiger partial charge >= 0.3 is 0 Å². The molecule has 212 valence electrons. The molecule has 0 saturated heterocycles. The van der Waals surface area contributed by atoms with Crippen LogP contribution in [0.1, 0.15) is 162 Å². The second kappa shape index (κ2) is 30.1. The highest BCUT2D eigenvalue weighted by Crippen LogP contribution is 2.14. The van der Waals surface area contributed by atoms with Crippen LogP contribution < -0.4 is 11.5 Å². The van der Waals surface area contributed by atoms with Gasteiger partial charge in [0.25, 0.3) is 0 Å². The number of nitrogens with two attached hydrogens (primary N) is 2. The van der Waals surface area contributed by atoms with E-state index in [0.29, 0.717) is 0 Å². The van der Waals surface area contributed by atoms with Crippen LogP contribution in [0.5, 0.6) is 0 Å². The molecular weight excluding hydrogens is 428 g/mol. The Balaban J connectivity index is 3.83. The molecule has 0 saturated carbocycles. The van der Waals surface area contributed by atoms with Crippen LogP contribution in [-0.4, -0.2) is 49.3 Å². The molecule has 0 amide bonds. The summed E-state index contributed by atoms with van der Waals surface area (Å²) in [6.07, 6.45) is 32.3. The molecule has 0 atom stereocenters. The van der Waals surface area contributed by atoms with Gasteiger partial charge in [0.1, 0.15) is 0 Å². The number of unbranched alkanes of at least 4 members (excludes halogenated alkanes) is 21. The summed E-state index contributed by atoms with van der Waals surface area (Å²) in [7, 11) is 0. The van der Waals surface area contributed by atoms with E-state index in [2.05, 4.69) is 23.9 Å². The van der Waals surface area contributed by atoms with Gasteiger partial charge in [-0.1, -0.05) is 149 Å². The van der Waals surface area contributed by atoms with E-state index in [1.165, 1.54) is 148 Å². The fourth-order valence-corrected chi connectivity index (χ4v) is 5.18. The van der Waals surface area contributed by atoms with Crippen molar-refractivity contribution in [1.82, 2.24) is 10.0 Å². The van der Waals surface area contributed by atoms with Crippen molar-refractivity contribution in [3.63, 3.8) is 0 Å². The predicted octanol–water partition coefficient (Wildman–Crippen LogP) is 8.43. The minimum atomic E-state index is 0.734. The zero-order chi connectivity index (χ0) is 25.7. The molecule has 0 heterocycles. The lowest BCUT2D eigenvalue weighted by molar-refractivity contribution is -0.0229. The zero-order valence-corrected chi connectivity index (χ0v) is 24.6. The maximum Gasteiger partial charge on any atom is 0.0256 e. The van der Waals surface area contributed by atoms with Gasteiger partial charge in [-0.25, -0.2) is 10.0 Å². The zero-order valence-electron chi connectivity index (χ0n) is 24.6. The van der Waals surface area contributed by atoms with E-state index >= 15 is 0 Å². The molecule has 0 rings (SSSR count). The summed E-state index contributed by atoms with van der Waals surface area (Å²) in [6.45, 7) is 10.3. The van der Waals surface area contributed by atoms with Crippen LogP contribution in [0.2, 0.25) is 0 Å². The molecule has 0 bridgehead atoms. The fourth-order valence-electron chi connectivity index (χ4n) is 5.18. The maximum atomic E-state index is 5.96. The van der Waals surface area contributed by atoms with Gasteiger partial charge in [-0.05, 0) is 12.8 Å². The summed E-state index contributed by atoms with van der Waals surface area (Å²) in [5.74, 6) is 0. The molecule has 0 aliphatic heterocycles. The van der Waals surface area contributed by atoms with Crippen LogP contribution in [0.3, 0.4) is 0 Å². The Morgan fingerprint density at radius 3 is 0.771 bits per heavy atom. The summed E-state index contributed by atoms with van der Waals surface area (Å²) < 4.78 is 0. The van der Waals surface area contributed by atoms with E-state index in [0.717, 1.165) is 39.3 Å².